The summed E-state index contributed by atoms with van der Waals surface area (Å²) in [6, 6.07) is 11.4. The largest absolute Gasteiger partial charge is 0.376 e. The summed E-state index contributed by atoms with van der Waals surface area (Å²) in [7, 11) is 0. The summed E-state index contributed by atoms with van der Waals surface area (Å²) >= 11 is 5.82. The van der Waals surface area contributed by atoms with Gasteiger partial charge in [0.05, 0.1) is 6.54 Å². The topological polar surface area (TPSA) is 41.1 Å². The Balaban J connectivity index is 1.97. The highest BCUT2D eigenvalue weighted by atomic mass is 35.5. The van der Waals surface area contributed by atoms with Crippen LogP contribution in [0.2, 0.25) is 5.02 Å². The van der Waals surface area contributed by atoms with Gasteiger partial charge in [-0.25, -0.2) is 0 Å². The molecule has 0 fully saturated rings. The molecular weight excluding hydrogens is 284 g/mol. The molecule has 1 amide bonds. The molecule has 0 aliphatic heterocycles. The van der Waals surface area contributed by atoms with Gasteiger partial charge in [-0.2, -0.15) is 0 Å². The highest BCUT2D eigenvalue weighted by molar-refractivity contribution is 6.30. The summed E-state index contributed by atoms with van der Waals surface area (Å²) in [5.41, 5.74) is 5.11. The Bertz CT molecular complexity index is 627. The lowest BCUT2D eigenvalue weighted by atomic mass is 10.1. The van der Waals surface area contributed by atoms with Gasteiger partial charge in [-0.05, 0) is 56.2 Å². The van der Waals surface area contributed by atoms with Crippen LogP contribution in [0.25, 0.3) is 0 Å². The summed E-state index contributed by atoms with van der Waals surface area (Å²) in [4.78, 5) is 12.0. The molecule has 0 radical (unpaired) electrons. The van der Waals surface area contributed by atoms with Crippen molar-refractivity contribution in [1.82, 2.24) is 0 Å². The first-order valence-electron chi connectivity index (χ1n) is 6.83. The standard InChI is InChI=1S/C17H19ClN2O/c1-11-8-12(2)17(13(3)9-11)20-16(21)10-19-15-6-4-14(18)5-7-15/h4-9,19H,10H2,1-3H3,(H,20,21). The van der Waals surface area contributed by atoms with Gasteiger partial charge in [-0.3, -0.25) is 4.79 Å². The van der Waals surface area contributed by atoms with Crippen molar-refractivity contribution in [2.75, 3.05) is 17.2 Å². The van der Waals surface area contributed by atoms with Crippen LogP contribution in [-0.4, -0.2) is 12.5 Å². The predicted molar refractivity (Wildman–Crippen MR) is 89.2 cm³/mol. The first kappa shape index (κ1) is 15.4. The molecule has 2 rings (SSSR count). The number of rotatable bonds is 4. The molecule has 0 aliphatic carbocycles. The van der Waals surface area contributed by atoms with E-state index in [9.17, 15) is 4.79 Å². The molecule has 0 aliphatic rings. The second-order valence-corrected chi connectivity index (χ2v) is 5.62. The number of benzene rings is 2. The second-order valence-electron chi connectivity index (χ2n) is 5.18. The number of carbonyl (C=O) groups is 1. The van der Waals surface area contributed by atoms with E-state index in [1.54, 1.807) is 12.1 Å². The Labute approximate surface area is 130 Å². The Kier molecular flexibility index (Phi) is 4.86. The third-order valence-corrected chi connectivity index (χ3v) is 3.49. The van der Waals surface area contributed by atoms with Crippen molar-refractivity contribution in [2.24, 2.45) is 0 Å². The molecule has 0 saturated heterocycles. The van der Waals surface area contributed by atoms with Crippen molar-refractivity contribution in [3.63, 3.8) is 0 Å². The highest BCUT2D eigenvalue weighted by Crippen LogP contribution is 2.21. The number of aryl methyl sites for hydroxylation is 3. The van der Waals surface area contributed by atoms with Gasteiger partial charge in [0.25, 0.3) is 0 Å². The number of hydrogen-bond donors (Lipinski definition) is 2. The molecule has 0 heterocycles. The minimum Gasteiger partial charge on any atom is -0.376 e. The zero-order valence-corrected chi connectivity index (χ0v) is 13.2. The fraction of sp³-hybridized carbons (Fsp3) is 0.235. The lowest BCUT2D eigenvalue weighted by Gasteiger charge is -2.13. The zero-order chi connectivity index (χ0) is 15.4. The Morgan fingerprint density at radius 3 is 2.19 bits per heavy atom. The van der Waals surface area contributed by atoms with Gasteiger partial charge in [0, 0.05) is 16.4 Å². The van der Waals surface area contributed by atoms with Gasteiger partial charge >= 0.3 is 0 Å². The maximum atomic E-state index is 12.0. The van der Waals surface area contributed by atoms with Crippen LogP contribution >= 0.6 is 11.6 Å². The number of anilines is 2. The lowest BCUT2D eigenvalue weighted by Crippen LogP contribution is -2.22. The SMILES string of the molecule is Cc1cc(C)c(NC(=O)CNc2ccc(Cl)cc2)c(C)c1. The first-order valence-corrected chi connectivity index (χ1v) is 7.20. The van der Waals surface area contributed by atoms with Crippen molar-refractivity contribution in [2.45, 2.75) is 20.8 Å². The summed E-state index contributed by atoms with van der Waals surface area (Å²) in [6.07, 6.45) is 0. The number of carbonyl (C=O) groups excluding carboxylic acids is 1. The molecular formula is C17H19ClN2O. The summed E-state index contributed by atoms with van der Waals surface area (Å²) in [6.45, 7) is 6.27. The van der Waals surface area contributed by atoms with Gasteiger partial charge in [-0.1, -0.05) is 29.3 Å². The quantitative estimate of drug-likeness (QED) is 0.883. The van der Waals surface area contributed by atoms with Crippen molar-refractivity contribution in [3.8, 4) is 0 Å². The van der Waals surface area contributed by atoms with E-state index in [-0.39, 0.29) is 12.5 Å². The minimum atomic E-state index is -0.0694. The van der Waals surface area contributed by atoms with E-state index in [2.05, 4.69) is 22.8 Å². The molecule has 0 unspecified atom stereocenters. The smallest absolute Gasteiger partial charge is 0.243 e. The Morgan fingerprint density at radius 2 is 1.62 bits per heavy atom. The molecule has 21 heavy (non-hydrogen) atoms. The van der Waals surface area contributed by atoms with Crippen molar-refractivity contribution in [3.05, 3.63) is 58.1 Å². The normalized spacial score (nSPS) is 10.3. The number of halogens is 1. The van der Waals surface area contributed by atoms with Crippen molar-refractivity contribution in [1.29, 1.82) is 0 Å². The van der Waals surface area contributed by atoms with Crippen LogP contribution in [0.1, 0.15) is 16.7 Å². The molecule has 4 heteroatoms. The van der Waals surface area contributed by atoms with Crippen molar-refractivity contribution < 1.29 is 4.79 Å². The van der Waals surface area contributed by atoms with E-state index >= 15 is 0 Å². The van der Waals surface area contributed by atoms with E-state index in [0.717, 1.165) is 22.5 Å². The van der Waals surface area contributed by atoms with Crippen LogP contribution in [0, 0.1) is 20.8 Å². The molecule has 2 aromatic carbocycles. The average molecular weight is 303 g/mol. The Hall–Kier alpha value is -2.00. The van der Waals surface area contributed by atoms with Crippen LogP contribution in [0.5, 0.6) is 0 Å². The molecule has 0 bridgehead atoms. The molecule has 0 atom stereocenters. The summed E-state index contributed by atoms with van der Waals surface area (Å²) < 4.78 is 0. The van der Waals surface area contributed by atoms with Gasteiger partial charge in [0.1, 0.15) is 0 Å². The third kappa shape index (κ3) is 4.23. The van der Waals surface area contributed by atoms with Gasteiger partial charge < -0.3 is 10.6 Å². The van der Waals surface area contributed by atoms with Crippen LogP contribution in [-0.2, 0) is 4.79 Å². The van der Waals surface area contributed by atoms with E-state index in [1.807, 2.05) is 32.9 Å². The fourth-order valence-corrected chi connectivity index (χ4v) is 2.44. The lowest BCUT2D eigenvalue weighted by molar-refractivity contribution is -0.114. The van der Waals surface area contributed by atoms with E-state index in [0.29, 0.717) is 5.02 Å². The van der Waals surface area contributed by atoms with Crippen LogP contribution in [0.3, 0.4) is 0 Å². The van der Waals surface area contributed by atoms with Gasteiger partial charge in [0.2, 0.25) is 5.91 Å². The third-order valence-electron chi connectivity index (χ3n) is 3.24. The monoisotopic (exact) mass is 302 g/mol. The number of nitrogens with one attached hydrogen (secondary N) is 2. The van der Waals surface area contributed by atoms with Crippen LogP contribution in [0.15, 0.2) is 36.4 Å². The molecule has 0 saturated carbocycles. The number of amides is 1. The van der Waals surface area contributed by atoms with Gasteiger partial charge in [-0.15, -0.1) is 0 Å². The second kappa shape index (κ2) is 6.64. The van der Waals surface area contributed by atoms with Crippen LogP contribution in [0.4, 0.5) is 11.4 Å². The molecule has 110 valence electrons. The van der Waals surface area contributed by atoms with E-state index in [4.69, 9.17) is 11.6 Å². The fourth-order valence-electron chi connectivity index (χ4n) is 2.31. The molecule has 2 N–H and O–H groups in total. The van der Waals surface area contributed by atoms with E-state index < -0.39 is 0 Å². The Morgan fingerprint density at radius 1 is 1.05 bits per heavy atom. The highest BCUT2D eigenvalue weighted by Gasteiger charge is 2.08. The molecule has 0 aromatic heterocycles. The maximum Gasteiger partial charge on any atom is 0.243 e. The minimum absolute atomic E-state index is 0.0694. The zero-order valence-electron chi connectivity index (χ0n) is 12.5. The van der Waals surface area contributed by atoms with Gasteiger partial charge in [0.15, 0.2) is 0 Å². The van der Waals surface area contributed by atoms with Crippen LogP contribution < -0.4 is 10.6 Å². The van der Waals surface area contributed by atoms with E-state index in [1.165, 1.54) is 5.56 Å². The molecule has 2 aromatic rings. The summed E-state index contributed by atoms with van der Waals surface area (Å²) in [5.74, 6) is -0.0694. The maximum absolute atomic E-state index is 12.0. The first-order chi connectivity index (χ1) is 9.95. The molecule has 0 spiro atoms. The number of hydrogen-bond acceptors (Lipinski definition) is 2. The summed E-state index contributed by atoms with van der Waals surface area (Å²) in [5, 5.41) is 6.71. The molecule has 3 nitrogen and oxygen atoms in total. The van der Waals surface area contributed by atoms with Crippen molar-refractivity contribution >= 4 is 28.9 Å². The average Bonchev–Trinajstić information content (AvgIpc) is 2.42. The predicted octanol–water partition coefficient (Wildman–Crippen LogP) is 4.32.